The molecule has 2 aromatic carbocycles. The average Bonchev–Trinajstić information content (AvgIpc) is 2.59. The normalized spacial score (nSPS) is 16.7. The van der Waals surface area contributed by atoms with Crippen molar-refractivity contribution in [3.05, 3.63) is 76.9 Å². The van der Waals surface area contributed by atoms with Crippen LogP contribution in [0.5, 0.6) is 5.75 Å². The molecule has 0 saturated carbocycles. The summed E-state index contributed by atoms with van der Waals surface area (Å²) in [6.07, 6.45) is -0.308. The molecule has 0 radical (unpaired) electrons. The fourth-order valence-corrected chi connectivity index (χ4v) is 3.55. The Hall–Kier alpha value is -2.37. The van der Waals surface area contributed by atoms with Crippen LogP contribution >= 0.6 is 0 Å². The fourth-order valence-electron chi connectivity index (χ4n) is 3.55. The van der Waals surface area contributed by atoms with Gasteiger partial charge in [0.15, 0.2) is 11.6 Å². The van der Waals surface area contributed by atoms with Gasteiger partial charge in [0, 0.05) is 0 Å². The zero-order valence-corrected chi connectivity index (χ0v) is 14.6. The Kier molecular flexibility index (Phi) is 5.53. The van der Waals surface area contributed by atoms with E-state index in [2.05, 4.69) is 11.3 Å². The largest absolute Gasteiger partial charge is 0.573 e. The number of rotatable bonds is 5. The number of benzene rings is 2. The monoisotopic (exact) mass is 382 g/mol. The van der Waals surface area contributed by atoms with E-state index in [0.29, 0.717) is 42.4 Å². The summed E-state index contributed by atoms with van der Waals surface area (Å²) in [5, 5.41) is 0. The van der Waals surface area contributed by atoms with Crippen molar-refractivity contribution in [3.63, 3.8) is 0 Å². The van der Waals surface area contributed by atoms with Crippen LogP contribution in [0.4, 0.5) is 22.0 Å². The number of halogens is 5. The first-order valence-corrected chi connectivity index (χ1v) is 8.73. The molecule has 0 N–H and O–H groups in total. The molecular weight excluding hydrogens is 363 g/mol. The Bertz CT molecular complexity index is 841. The van der Waals surface area contributed by atoms with E-state index in [1.54, 1.807) is 12.1 Å². The Morgan fingerprint density at radius 1 is 1.07 bits per heavy atom. The standard InChI is InChI=1S/C21H19F5O/c1-2-3-4-13-5-8-17(18(22)9-13)15-7-6-14-12-20(27-21(24,25)26)19(23)11-16(14)10-15/h2,5,8-9,11-12,15H,1,3-4,6-7,10H2. The lowest BCUT2D eigenvalue weighted by molar-refractivity contribution is -0.275. The molecule has 1 aliphatic rings. The minimum absolute atomic E-state index is 0.139. The summed E-state index contributed by atoms with van der Waals surface area (Å²) >= 11 is 0. The van der Waals surface area contributed by atoms with Gasteiger partial charge in [0.25, 0.3) is 0 Å². The molecule has 27 heavy (non-hydrogen) atoms. The Balaban J connectivity index is 1.80. The number of hydrogen-bond donors (Lipinski definition) is 0. The topological polar surface area (TPSA) is 9.23 Å². The van der Waals surface area contributed by atoms with Crippen molar-refractivity contribution in [2.24, 2.45) is 0 Å². The molecule has 3 rings (SSSR count). The van der Waals surface area contributed by atoms with Crippen molar-refractivity contribution < 1.29 is 26.7 Å². The van der Waals surface area contributed by atoms with E-state index in [1.165, 1.54) is 6.07 Å². The molecule has 0 bridgehead atoms. The van der Waals surface area contributed by atoms with Crippen molar-refractivity contribution in [2.45, 2.75) is 44.4 Å². The van der Waals surface area contributed by atoms with Gasteiger partial charge in [0.2, 0.25) is 0 Å². The molecule has 2 aromatic rings. The predicted molar refractivity (Wildman–Crippen MR) is 92.8 cm³/mol. The van der Waals surface area contributed by atoms with Gasteiger partial charge in [-0.2, -0.15) is 0 Å². The molecule has 0 amide bonds. The van der Waals surface area contributed by atoms with Crippen molar-refractivity contribution in [1.82, 2.24) is 0 Å². The second-order valence-electron chi connectivity index (χ2n) is 6.72. The fraction of sp³-hybridized carbons (Fsp3) is 0.333. The lowest BCUT2D eigenvalue weighted by Crippen LogP contribution is -2.19. The van der Waals surface area contributed by atoms with Crippen LogP contribution in [0.15, 0.2) is 43.0 Å². The molecule has 0 heterocycles. The summed E-state index contributed by atoms with van der Waals surface area (Å²) in [6, 6.07) is 7.30. The van der Waals surface area contributed by atoms with Crippen molar-refractivity contribution in [1.29, 1.82) is 0 Å². The summed E-state index contributed by atoms with van der Waals surface area (Å²) < 4.78 is 69.3. The number of allylic oxidation sites excluding steroid dienone is 1. The first kappa shape index (κ1) is 19.4. The Labute approximate surface area is 154 Å². The molecule has 0 aromatic heterocycles. The van der Waals surface area contributed by atoms with Crippen molar-refractivity contribution >= 4 is 0 Å². The van der Waals surface area contributed by atoms with Crippen LogP contribution in [-0.2, 0) is 19.3 Å². The highest BCUT2D eigenvalue weighted by molar-refractivity contribution is 5.41. The van der Waals surface area contributed by atoms with Gasteiger partial charge in [-0.05, 0) is 78.5 Å². The third-order valence-electron chi connectivity index (χ3n) is 4.85. The van der Waals surface area contributed by atoms with Crippen LogP contribution in [0.1, 0.15) is 41.0 Å². The minimum atomic E-state index is -4.94. The zero-order valence-electron chi connectivity index (χ0n) is 14.6. The molecule has 1 unspecified atom stereocenters. The van der Waals surface area contributed by atoms with Gasteiger partial charge in [-0.25, -0.2) is 8.78 Å². The highest BCUT2D eigenvalue weighted by Gasteiger charge is 2.33. The van der Waals surface area contributed by atoms with E-state index in [0.717, 1.165) is 24.1 Å². The SMILES string of the molecule is C=CCCc1ccc(C2CCc3cc(OC(F)(F)F)c(F)cc3C2)c(F)c1. The molecule has 144 valence electrons. The van der Waals surface area contributed by atoms with Crippen LogP contribution in [0.2, 0.25) is 0 Å². The third kappa shape index (κ3) is 4.67. The quantitative estimate of drug-likeness (QED) is 0.438. The first-order chi connectivity index (χ1) is 12.8. The second kappa shape index (κ2) is 7.71. The number of hydrogen-bond acceptors (Lipinski definition) is 1. The summed E-state index contributed by atoms with van der Waals surface area (Å²) in [5.74, 6) is -2.33. The lowest BCUT2D eigenvalue weighted by atomic mass is 9.79. The van der Waals surface area contributed by atoms with E-state index >= 15 is 0 Å². The van der Waals surface area contributed by atoms with Gasteiger partial charge >= 0.3 is 6.36 Å². The van der Waals surface area contributed by atoms with Gasteiger partial charge in [-0.1, -0.05) is 18.2 Å². The summed E-state index contributed by atoms with van der Waals surface area (Å²) in [6.45, 7) is 3.65. The maximum absolute atomic E-state index is 14.5. The summed E-state index contributed by atoms with van der Waals surface area (Å²) in [5.41, 5.74) is 2.63. The van der Waals surface area contributed by atoms with Crippen LogP contribution in [0.3, 0.4) is 0 Å². The van der Waals surface area contributed by atoms with Crippen LogP contribution in [-0.4, -0.2) is 6.36 Å². The maximum Gasteiger partial charge on any atom is 0.573 e. The molecule has 1 aliphatic carbocycles. The second-order valence-corrected chi connectivity index (χ2v) is 6.72. The smallest absolute Gasteiger partial charge is 0.403 e. The molecule has 1 atom stereocenters. The van der Waals surface area contributed by atoms with Crippen LogP contribution < -0.4 is 4.74 Å². The van der Waals surface area contributed by atoms with Gasteiger partial charge in [0.05, 0.1) is 0 Å². The summed E-state index contributed by atoms with van der Waals surface area (Å²) in [4.78, 5) is 0. The molecule has 1 nitrogen and oxygen atoms in total. The van der Waals surface area contributed by atoms with E-state index in [1.807, 2.05) is 6.07 Å². The Morgan fingerprint density at radius 3 is 2.52 bits per heavy atom. The highest BCUT2D eigenvalue weighted by Crippen LogP contribution is 2.37. The van der Waals surface area contributed by atoms with E-state index in [-0.39, 0.29) is 11.7 Å². The van der Waals surface area contributed by atoms with E-state index < -0.39 is 17.9 Å². The van der Waals surface area contributed by atoms with Gasteiger partial charge in [0.1, 0.15) is 5.82 Å². The van der Waals surface area contributed by atoms with Crippen molar-refractivity contribution in [2.75, 3.05) is 0 Å². The van der Waals surface area contributed by atoms with Gasteiger partial charge in [-0.15, -0.1) is 19.8 Å². The Morgan fingerprint density at radius 2 is 1.85 bits per heavy atom. The van der Waals surface area contributed by atoms with Crippen LogP contribution in [0.25, 0.3) is 0 Å². The van der Waals surface area contributed by atoms with Crippen molar-refractivity contribution in [3.8, 4) is 5.75 Å². The molecule has 0 spiro atoms. The summed E-state index contributed by atoms with van der Waals surface area (Å²) in [7, 11) is 0. The highest BCUT2D eigenvalue weighted by atomic mass is 19.4. The number of fused-ring (bicyclic) bond motifs is 1. The number of alkyl halides is 3. The zero-order chi connectivity index (χ0) is 19.6. The van der Waals surface area contributed by atoms with Gasteiger partial charge < -0.3 is 4.74 Å². The molecule has 0 fully saturated rings. The third-order valence-corrected chi connectivity index (χ3v) is 4.85. The average molecular weight is 382 g/mol. The predicted octanol–water partition coefficient (Wildman–Crippen LogP) is 6.25. The molecular formula is C21H19F5O. The lowest BCUT2D eigenvalue weighted by Gasteiger charge is -2.26. The molecule has 0 aliphatic heterocycles. The molecule has 6 heteroatoms. The van der Waals surface area contributed by atoms with E-state index in [4.69, 9.17) is 0 Å². The van der Waals surface area contributed by atoms with Crippen LogP contribution in [0, 0.1) is 11.6 Å². The maximum atomic E-state index is 14.5. The van der Waals surface area contributed by atoms with Gasteiger partial charge in [-0.3, -0.25) is 0 Å². The number of aryl methyl sites for hydroxylation is 2. The first-order valence-electron chi connectivity index (χ1n) is 8.73. The number of ether oxygens (including phenoxy) is 1. The molecule has 0 saturated heterocycles. The van der Waals surface area contributed by atoms with E-state index in [9.17, 15) is 22.0 Å². The minimum Gasteiger partial charge on any atom is -0.403 e.